The largest absolute Gasteiger partial charge is 0.490 e. The SMILES string of the molecule is N[C@H]1CCOc2c(F)c(F)cc(F)c21. The quantitative estimate of drug-likeness (QED) is 0.653. The molecule has 14 heavy (non-hydrogen) atoms. The lowest BCUT2D eigenvalue weighted by Gasteiger charge is -2.23. The molecule has 0 aromatic heterocycles. The highest BCUT2D eigenvalue weighted by molar-refractivity contribution is 5.40. The van der Waals surface area contributed by atoms with E-state index in [4.69, 9.17) is 10.5 Å². The van der Waals surface area contributed by atoms with E-state index in [0.717, 1.165) is 0 Å². The van der Waals surface area contributed by atoms with Gasteiger partial charge in [-0.3, -0.25) is 0 Å². The van der Waals surface area contributed by atoms with E-state index in [-0.39, 0.29) is 17.9 Å². The van der Waals surface area contributed by atoms with Crippen LogP contribution in [0, 0.1) is 17.5 Å². The Morgan fingerprint density at radius 1 is 1.29 bits per heavy atom. The van der Waals surface area contributed by atoms with Crippen molar-refractivity contribution in [2.24, 2.45) is 5.73 Å². The van der Waals surface area contributed by atoms with E-state index in [9.17, 15) is 13.2 Å². The first kappa shape index (κ1) is 9.33. The van der Waals surface area contributed by atoms with E-state index in [0.29, 0.717) is 12.5 Å². The van der Waals surface area contributed by atoms with E-state index in [2.05, 4.69) is 0 Å². The summed E-state index contributed by atoms with van der Waals surface area (Å²) in [6.07, 6.45) is 0.398. The summed E-state index contributed by atoms with van der Waals surface area (Å²) < 4.78 is 43.9. The van der Waals surface area contributed by atoms with Gasteiger partial charge in [-0.05, 0) is 0 Å². The van der Waals surface area contributed by atoms with Crippen molar-refractivity contribution in [1.82, 2.24) is 0 Å². The molecule has 0 aliphatic carbocycles. The number of nitrogens with two attached hydrogens (primary N) is 1. The summed E-state index contributed by atoms with van der Waals surface area (Å²) in [6.45, 7) is 0.175. The smallest absolute Gasteiger partial charge is 0.201 e. The molecule has 1 aromatic carbocycles. The minimum atomic E-state index is -1.25. The molecule has 0 amide bonds. The van der Waals surface area contributed by atoms with E-state index >= 15 is 0 Å². The highest BCUT2D eigenvalue weighted by Gasteiger charge is 2.27. The second-order valence-electron chi connectivity index (χ2n) is 3.14. The molecular formula is C9H8F3NO. The van der Waals surface area contributed by atoms with Crippen LogP contribution >= 0.6 is 0 Å². The summed E-state index contributed by atoms with van der Waals surface area (Å²) in [5.41, 5.74) is 5.48. The first-order valence-corrected chi connectivity index (χ1v) is 4.17. The molecule has 0 radical (unpaired) electrons. The maximum Gasteiger partial charge on any atom is 0.201 e. The molecule has 0 unspecified atom stereocenters. The van der Waals surface area contributed by atoms with Crippen LogP contribution in [0.4, 0.5) is 13.2 Å². The molecule has 1 aromatic rings. The van der Waals surface area contributed by atoms with Crippen LogP contribution in [0.1, 0.15) is 18.0 Å². The van der Waals surface area contributed by atoms with Gasteiger partial charge in [0, 0.05) is 24.1 Å². The van der Waals surface area contributed by atoms with Crippen molar-refractivity contribution in [3.8, 4) is 5.75 Å². The number of hydrogen-bond donors (Lipinski definition) is 1. The first-order valence-electron chi connectivity index (χ1n) is 4.17. The van der Waals surface area contributed by atoms with Crippen molar-refractivity contribution >= 4 is 0 Å². The topological polar surface area (TPSA) is 35.2 Å². The van der Waals surface area contributed by atoms with Crippen LogP contribution in [-0.4, -0.2) is 6.61 Å². The van der Waals surface area contributed by atoms with Crippen LogP contribution in [0.15, 0.2) is 6.07 Å². The fourth-order valence-corrected chi connectivity index (χ4v) is 1.51. The Labute approximate surface area is 78.5 Å². The Hall–Kier alpha value is -1.23. The van der Waals surface area contributed by atoms with Gasteiger partial charge in [0.25, 0.3) is 0 Å². The third-order valence-corrected chi connectivity index (χ3v) is 2.21. The number of ether oxygens (including phenoxy) is 1. The standard InChI is InChI=1S/C9H8F3NO/c10-4-3-5(11)8(12)9-7(4)6(13)1-2-14-9/h3,6H,1-2,13H2/t6-/m0/s1. The maximum atomic E-state index is 13.2. The maximum absolute atomic E-state index is 13.2. The average Bonchev–Trinajstić information content (AvgIpc) is 2.14. The summed E-state index contributed by atoms with van der Waals surface area (Å²) >= 11 is 0. The van der Waals surface area contributed by atoms with Crippen molar-refractivity contribution in [2.45, 2.75) is 12.5 Å². The zero-order valence-corrected chi connectivity index (χ0v) is 7.19. The molecule has 0 spiro atoms. The van der Waals surface area contributed by atoms with Crippen molar-refractivity contribution in [3.05, 3.63) is 29.1 Å². The fourth-order valence-electron chi connectivity index (χ4n) is 1.51. The van der Waals surface area contributed by atoms with E-state index in [1.807, 2.05) is 0 Å². The molecule has 0 saturated carbocycles. The van der Waals surface area contributed by atoms with Gasteiger partial charge in [0.2, 0.25) is 5.82 Å². The zero-order valence-electron chi connectivity index (χ0n) is 7.19. The van der Waals surface area contributed by atoms with Gasteiger partial charge in [-0.1, -0.05) is 0 Å². The molecule has 2 N–H and O–H groups in total. The summed E-state index contributed by atoms with van der Waals surface area (Å²) in [5, 5.41) is 0. The normalized spacial score (nSPS) is 20.1. The zero-order chi connectivity index (χ0) is 10.3. The van der Waals surface area contributed by atoms with Crippen LogP contribution in [0.3, 0.4) is 0 Å². The number of hydrogen-bond acceptors (Lipinski definition) is 2. The average molecular weight is 203 g/mol. The Kier molecular flexibility index (Phi) is 2.11. The van der Waals surface area contributed by atoms with Gasteiger partial charge < -0.3 is 10.5 Å². The van der Waals surface area contributed by atoms with Crippen LogP contribution < -0.4 is 10.5 Å². The molecule has 1 aliphatic rings. The van der Waals surface area contributed by atoms with Gasteiger partial charge in [-0.2, -0.15) is 4.39 Å². The lowest BCUT2D eigenvalue weighted by Crippen LogP contribution is -2.23. The van der Waals surface area contributed by atoms with Crippen molar-refractivity contribution in [3.63, 3.8) is 0 Å². The number of halogens is 3. The predicted molar refractivity (Wildman–Crippen MR) is 43.4 cm³/mol. The molecule has 1 aliphatic heterocycles. The Balaban J connectivity index is 2.66. The van der Waals surface area contributed by atoms with Gasteiger partial charge in [0.05, 0.1) is 6.61 Å². The second kappa shape index (κ2) is 3.16. The monoisotopic (exact) mass is 203 g/mol. The molecule has 1 heterocycles. The van der Waals surface area contributed by atoms with Gasteiger partial charge >= 0.3 is 0 Å². The summed E-state index contributed by atoms with van der Waals surface area (Å²) in [7, 11) is 0. The minimum absolute atomic E-state index is 0.0739. The summed E-state index contributed by atoms with van der Waals surface area (Å²) in [6, 6.07) is -0.142. The van der Waals surface area contributed by atoms with Crippen molar-refractivity contribution < 1.29 is 17.9 Å². The molecule has 76 valence electrons. The van der Waals surface area contributed by atoms with E-state index in [1.165, 1.54) is 0 Å². The van der Waals surface area contributed by atoms with Gasteiger partial charge in [-0.25, -0.2) is 8.78 Å². The molecular weight excluding hydrogens is 195 g/mol. The van der Waals surface area contributed by atoms with E-state index < -0.39 is 23.5 Å². The molecule has 5 heteroatoms. The highest BCUT2D eigenvalue weighted by atomic mass is 19.2. The lowest BCUT2D eigenvalue weighted by atomic mass is 10.0. The third kappa shape index (κ3) is 1.24. The van der Waals surface area contributed by atoms with Crippen LogP contribution in [0.25, 0.3) is 0 Å². The summed E-state index contributed by atoms with van der Waals surface area (Å²) in [4.78, 5) is 0. The molecule has 0 bridgehead atoms. The van der Waals surface area contributed by atoms with Crippen LogP contribution in [0.5, 0.6) is 5.75 Å². The number of rotatable bonds is 0. The van der Waals surface area contributed by atoms with Crippen LogP contribution in [-0.2, 0) is 0 Å². The second-order valence-corrected chi connectivity index (χ2v) is 3.14. The van der Waals surface area contributed by atoms with Gasteiger partial charge in [-0.15, -0.1) is 0 Å². The molecule has 0 fully saturated rings. The first-order chi connectivity index (χ1) is 6.61. The minimum Gasteiger partial charge on any atom is -0.490 e. The molecule has 1 atom stereocenters. The van der Waals surface area contributed by atoms with Crippen molar-refractivity contribution in [1.29, 1.82) is 0 Å². The lowest BCUT2D eigenvalue weighted by molar-refractivity contribution is 0.245. The fraction of sp³-hybridized carbons (Fsp3) is 0.333. The van der Waals surface area contributed by atoms with Gasteiger partial charge in [0.15, 0.2) is 11.6 Å². The van der Waals surface area contributed by atoms with Crippen LogP contribution in [0.2, 0.25) is 0 Å². The highest BCUT2D eigenvalue weighted by Crippen LogP contribution is 2.36. The van der Waals surface area contributed by atoms with Gasteiger partial charge in [0.1, 0.15) is 5.82 Å². The number of fused-ring (bicyclic) bond motifs is 1. The Morgan fingerprint density at radius 3 is 2.71 bits per heavy atom. The molecule has 0 saturated heterocycles. The molecule has 2 nitrogen and oxygen atoms in total. The molecule has 2 rings (SSSR count). The number of benzene rings is 1. The summed E-state index contributed by atoms with van der Waals surface area (Å²) in [5.74, 6) is -3.67. The van der Waals surface area contributed by atoms with Crippen molar-refractivity contribution in [2.75, 3.05) is 6.61 Å². The Bertz CT molecular complexity index is 381. The predicted octanol–water partition coefficient (Wildman–Crippen LogP) is 1.89. The third-order valence-electron chi connectivity index (χ3n) is 2.21. The van der Waals surface area contributed by atoms with E-state index in [1.54, 1.807) is 0 Å². The Morgan fingerprint density at radius 2 is 2.00 bits per heavy atom.